The summed E-state index contributed by atoms with van der Waals surface area (Å²) >= 11 is 0. The summed E-state index contributed by atoms with van der Waals surface area (Å²) in [6.45, 7) is 5.61. The first kappa shape index (κ1) is 13.8. The fourth-order valence-electron chi connectivity index (χ4n) is 3.02. The average Bonchev–Trinajstić information content (AvgIpc) is 2.85. The summed E-state index contributed by atoms with van der Waals surface area (Å²) in [6.07, 6.45) is 0. The molecular formula is C13H19NO5. The fraction of sp³-hybridized carbons (Fsp3) is 0.769. The summed E-state index contributed by atoms with van der Waals surface area (Å²) in [7, 11) is 1.30. The van der Waals surface area contributed by atoms with Gasteiger partial charge in [0.2, 0.25) is 5.91 Å². The molecule has 1 aliphatic carbocycles. The molecule has 2 aliphatic rings. The van der Waals surface area contributed by atoms with Crippen molar-refractivity contribution in [1.82, 2.24) is 4.90 Å². The van der Waals surface area contributed by atoms with E-state index in [0.717, 1.165) is 0 Å². The minimum Gasteiger partial charge on any atom is -0.480 e. The summed E-state index contributed by atoms with van der Waals surface area (Å²) in [5.41, 5.74) is -0.620. The van der Waals surface area contributed by atoms with Crippen LogP contribution in [0, 0.1) is 23.2 Å². The quantitative estimate of drug-likeness (QED) is 0.732. The van der Waals surface area contributed by atoms with Crippen LogP contribution in [0.4, 0.5) is 0 Å². The van der Waals surface area contributed by atoms with Gasteiger partial charge in [-0.1, -0.05) is 20.8 Å². The lowest BCUT2D eigenvalue weighted by Gasteiger charge is -2.31. The van der Waals surface area contributed by atoms with Crippen LogP contribution in [0.1, 0.15) is 20.8 Å². The summed E-state index contributed by atoms with van der Waals surface area (Å²) in [4.78, 5) is 36.5. The molecule has 0 aromatic heterocycles. The van der Waals surface area contributed by atoms with Gasteiger partial charge in [-0.2, -0.15) is 0 Å². The lowest BCUT2D eigenvalue weighted by atomic mass is 9.93. The molecule has 1 heterocycles. The molecule has 106 valence electrons. The third-order valence-electron chi connectivity index (χ3n) is 3.97. The number of fused-ring (bicyclic) bond motifs is 1. The van der Waals surface area contributed by atoms with Crippen molar-refractivity contribution in [3.63, 3.8) is 0 Å². The van der Waals surface area contributed by atoms with E-state index in [9.17, 15) is 19.5 Å². The normalized spacial score (nSPS) is 32.7. The maximum Gasteiger partial charge on any atom is 0.326 e. The lowest BCUT2D eigenvalue weighted by molar-refractivity contribution is -0.155. The van der Waals surface area contributed by atoms with Gasteiger partial charge in [0, 0.05) is 17.9 Å². The smallest absolute Gasteiger partial charge is 0.326 e. The molecule has 4 atom stereocenters. The predicted octanol–water partition coefficient (Wildman–Crippen LogP) is 0.363. The number of carbonyl (C=O) groups excluding carboxylic acids is 2. The van der Waals surface area contributed by atoms with E-state index >= 15 is 0 Å². The first-order chi connectivity index (χ1) is 8.70. The minimum atomic E-state index is -1.04. The second-order valence-corrected chi connectivity index (χ2v) is 6.28. The van der Waals surface area contributed by atoms with Crippen LogP contribution in [0.5, 0.6) is 0 Å². The number of carbonyl (C=O) groups is 3. The topological polar surface area (TPSA) is 83.9 Å². The van der Waals surface area contributed by atoms with Crippen molar-refractivity contribution < 1.29 is 24.2 Å². The maximum atomic E-state index is 12.2. The van der Waals surface area contributed by atoms with Crippen molar-refractivity contribution in [3.8, 4) is 0 Å². The molecule has 2 fully saturated rings. The van der Waals surface area contributed by atoms with Crippen molar-refractivity contribution in [1.29, 1.82) is 0 Å². The van der Waals surface area contributed by atoms with E-state index in [0.29, 0.717) is 6.54 Å². The molecule has 1 saturated heterocycles. The molecule has 6 nitrogen and oxygen atoms in total. The molecule has 0 bridgehead atoms. The Kier molecular flexibility index (Phi) is 3.07. The van der Waals surface area contributed by atoms with Crippen LogP contribution in [0.25, 0.3) is 0 Å². The van der Waals surface area contributed by atoms with E-state index in [2.05, 4.69) is 4.74 Å². The van der Waals surface area contributed by atoms with Crippen molar-refractivity contribution in [2.75, 3.05) is 13.7 Å². The number of methoxy groups -OCH3 is 1. The van der Waals surface area contributed by atoms with Crippen LogP contribution in [0.3, 0.4) is 0 Å². The molecule has 6 heteroatoms. The Morgan fingerprint density at radius 2 is 1.84 bits per heavy atom. The Balaban J connectivity index is 2.18. The molecule has 1 amide bonds. The number of hydrogen-bond acceptors (Lipinski definition) is 4. The number of rotatable bonds is 2. The summed E-state index contributed by atoms with van der Waals surface area (Å²) in [5.74, 6) is -2.33. The monoisotopic (exact) mass is 269 g/mol. The molecule has 2 rings (SSSR count). The van der Waals surface area contributed by atoms with Gasteiger partial charge in [-0.3, -0.25) is 9.59 Å². The number of carboxylic acids is 1. The van der Waals surface area contributed by atoms with Gasteiger partial charge in [0.15, 0.2) is 0 Å². The van der Waals surface area contributed by atoms with Crippen LogP contribution in [0.2, 0.25) is 0 Å². The van der Waals surface area contributed by atoms with Gasteiger partial charge in [-0.25, -0.2) is 4.79 Å². The lowest BCUT2D eigenvalue weighted by Crippen LogP contribution is -2.49. The largest absolute Gasteiger partial charge is 0.480 e. The standard InChI is InChI=1S/C13H19NO5/c1-13(2,3)12(18)14-5-6-7(9(14)10(15)16)8(6)11(17)19-4/h6-9H,5H2,1-4H3,(H,15,16)/t6-,7+,8+,9-/m0/s1. The van der Waals surface area contributed by atoms with Crippen LogP contribution in [-0.2, 0) is 19.1 Å². The highest BCUT2D eigenvalue weighted by Crippen LogP contribution is 2.56. The van der Waals surface area contributed by atoms with Crippen molar-refractivity contribution in [3.05, 3.63) is 0 Å². The SMILES string of the molecule is COC(=O)[C@@H]1[C@H]2CN(C(=O)C(C)(C)C)[C@H](C(=O)O)[C@H]21. The van der Waals surface area contributed by atoms with Gasteiger partial charge in [0.25, 0.3) is 0 Å². The molecule has 0 spiro atoms. The number of esters is 1. The molecule has 1 aliphatic heterocycles. The van der Waals surface area contributed by atoms with E-state index in [1.165, 1.54) is 12.0 Å². The summed E-state index contributed by atoms with van der Waals surface area (Å²) in [6, 6.07) is -0.902. The molecule has 0 aromatic rings. The fourth-order valence-corrected chi connectivity index (χ4v) is 3.02. The van der Waals surface area contributed by atoms with Gasteiger partial charge < -0.3 is 14.7 Å². The van der Waals surface area contributed by atoms with Gasteiger partial charge >= 0.3 is 11.9 Å². The van der Waals surface area contributed by atoms with Crippen LogP contribution >= 0.6 is 0 Å². The van der Waals surface area contributed by atoms with Crippen molar-refractivity contribution in [2.45, 2.75) is 26.8 Å². The van der Waals surface area contributed by atoms with Crippen molar-refractivity contribution in [2.24, 2.45) is 23.2 Å². The third-order valence-corrected chi connectivity index (χ3v) is 3.97. The Bertz CT molecular complexity index is 439. The first-order valence-electron chi connectivity index (χ1n) is 6.32. The third kappa shape index (κ3) is 2.09. The highest BCUT2D eigenvalue weighted by atomic mass is 16.5. The first-order valence-corrected chi connectivity index (χ1v) is 6.32. The molecular weight excluding hydrogens is 250 g/mol. The zero-order chi connectivity index (χ0) is 14.5. The van der Waals surface area contributed by atoms with Gasteiger partial charge in [-0.05, 0) is 5.92 Å². The Labute approximate surface area is 111 Å². The summed E-state index contributed by atoms with van der Waals surface area (Å²) in [5, 5.41) is 9.32. The zero-order valence-electron chi connectivity index (χ0n) is 11.5. The van der Waals surface area contributed by atoms with Crippen LogP contribution in [-0.4, -0.2) is 47.5 Å². The number of nitrogens with zero attached hydrogens (tertiary/aromatic N) is 1. The van der Waals surface area contributed by atoms with E-state index in [1.807, 2.05) is 0 Å². The van der Waals surface area contributed by atoms with Crippen LogP contribution in [0.15, 0.2) is 0 Å². The minimum absolute atomic E-state index is 0.0696. The molecule has 1 saturated carbocycles. The van der Waals surface area contributed by atoms with Gasteiger partial charge in [-0.15, -0.1) is 0 Å². The highest BCUT2D eigenvalue weighted by Gasteiger charge is 2.68. The number of amides is 1. The van der Waals surface area contributed by atoms with Crippen LogP contribution < -0.4 is 0 Å². The average molecular weight is 269 g/mol. The van der Waals surface area contributed by atoms with Gasteiger partial charge in [0.05, 0.1) is 13.0 Å². The Morgan fingerprint density at radius 1 is 1.26 bits per heavy atom. The zero-order valence-corrected chi connectivity index (χ0v) is 11.5. The number of aliphatic carboxylic acids is 1. The number of carboxylic acid groups (broad SMARTS) is 1. The molecule has 1 N–H and O–H groups in total. The molecule has 19 heavy (non-hydrogen) atoms. The van der Waals surface area contributed by atoms with Crippen molar-refractivity contribution >= 4 is 17.8 Å². The van der Waals surface area contributed by atoms with Gasteiger partial charge in [0.1, 0.15) is 6.04 Å². The van der Waals surface area contributed by atoms with E-state index < -0.39 is 17.4 Å². The maximum absolute atomic E-state index is 12.2. The number of likely N-dealkylation sites (tertiary alicyclic amines) is 1. The molecule has 0 aromatic carbocycles. The number of piperidine rings is 1. The molecule has 0 unspecified atom stereocenters. The highest BCUT2D eigenvalue weighted by molar-refractivity contribution is 5.90. The Morgan fingerprint density at radius 3 is 2.26 bits per heavy atom. The summed E-state index contributed by atoms with van der Waals surface area (Å²) < 4.78 is 4.67. The molecule has 0 radical (unpaired) electrons. The Hall–Kier alpha value is -1.59. The predicted molar refractivity (Wildman–Crippen MR) is 65.1 cm³/mol. The van der Waals surface area contributed by atoms with E-state index in [1.54, 1.807) is 20.8 Å². The number of hydrogen-bond donors (Lipinski definition) is 1. The number of ether oxygens (including phenoxy) is 1. The van der Waals surface area contributed by atoms with E-state index in [4.69, 9.17) is 0 Å². The van der Waals surface area contributed by atoms with E-state index in [-0.39, 0.29) is 29.6 Å². The second-order valence-electron chi connectivity index (χ2n) is 6.28. The second kappa shape index (κ2) is 4.21.